The highest BCUT2D eigenvalue weighted by molar-refractivity contribution is 5.91. The molecule has 0 aromatic carbocycles. The van der Waals surface area contributed by atoms with Gasteiger partial charge in [-0.15, -0.1) is 0 Å². The number of rotatable bonds is 3. The molecule has 20 heavy (non-hydrogen) atoms. The van der Waals surface area contributed by atoms with Gasteiger partial charge in [-0.3, -0.25) is 9.97 Å². The van der Waals surface area contributed by atoms with Crippen LogP contribution in [0.4, 0.5) is 5.69 Å². The van der Waals surface area contributed by atoms with Gasteiger partial charge >= 0.3 is 0 Å². The zero-order chi connectivity index (χ0) is 14.2. The summed E-state index contributed by atoms with van der Waals surface area (Å²) in [6.45, 7) is 4.11. The average molecular weight is 272 g/mol. The first-order valence-electron chi connectivity index (χ1n) is 6.95. The second kappa shape index (κ2) is 5.00. The van der Waals surface area contributed by atoms with Crippen LogP contribution in [0, 0.1) is 6.92 Å². The Morgan fingerprint density at radius 3 is 3.15 bits per heavy atom. The van der Waals surface area contributed by atoms with Crippen molar-refractivity contribution in [3.05, 3.63) is 30.2 Å². The summed E-state index contributed by atoms with van der Waals surface area (Å²) in [7, 11) is 1.87. The van der Waals surface area contributed by atoms with Gasteiger partial charge in [-0.05, 0) is 32.5 Å². The van der Waals surface area contributed by atoms with Crippen LogP contribution in [0.25, 0.3) is 10.9 Å². The Morgan fingerprint density at radius 2 is 2.35 bits per heavy atom. The predicted octanol–water partition coefficient (Wildman–Crippen LogP) is 1.10. The molecule has 2 aromatic rings. The van der Waals surface area contributed by atoms with Gasteiger partial charge in [0.1, 0.15) is 0 Å². The van der Waals surface area contributed by atoms with E-state index in [0.29, 0.717) is 13.1 Å². The lowest BCUT2D eigenvalue weighted by molar-refractivity contribution is 0.0651. The van der Waals surface area contributed by atoms with Gasteiger partial charge in [-0.2, -0.15) is 0 Å². The Bertz CT molecular complexity index is 630. The third kappa shape index (κ3) is 2.34. The van der Waals surface area contributed by atoms with Crippen LogP contribution in [0.2, 0.25) is 0 Å². The van der Waals surface area contributed by atoms with Crippen molar-refractivity contribution in [2.75, 3.05) is 31.6 Å². The second-order valence-electron chi connectivity index (χ2n) is 5.60. The summed E-state index contributed by atoms with van der Waals surface area (Å²) in [5, 5.41) is 14.6. The first-order chi connectivity index (χ1) is 9.61. The van der Waals surface area contributed by atoms with Crippen LogP contribution in [-0.4, -0.2) is 47.4 Å². The van der Waals surface area contributed by atoms with Crippen LogP contribution >= 0.6 is 0 Å². The van der Waals surface area contributed by atoms with E-state index >= 15 is 0 Å². The van der Waals surface area contributed by atoms with Crippen LogP contribution < -0.4 is 10.2 Å². The highest BCUT2D eigenvalue weighted by atomic mass is 16.3. The molecule has 1 unspecified atom stereocenters. The summed E-state index contributed by atoms with van der Waals surface area (Å²) in [5.74, 6) is 0. The molecule has 2 N–H and O–H groups in total. The van der Waals surface area contributed by atoms with Gasteiger partial charge in [0, 0.05) is 48.8 Å². The minimum Gasteiger partial charge on any atom is -0.387 e. The Hall–Kier alpha value is -1.72. The third-order valence-corrected chi connectivity index (χ3v) is 3.90. The predicted molar refractivity (Wildman–Crippen MR) is 80.0 cm³/mol. The zero-order valence-corrected chi connectivity index (χ0v) is 11.9. The maximum Gasteiger partial charge on any atom is 0.0961 e. The number of nitrogens with zero attached hydrogens (tertiary/aromatic N) is 3. The van der Waals surface area contributed by atoms with Gasteiger partial charge in [0.2, 0.25) is 0 Å². The molecule has 0 radical (unpaired) electrons. The van der Waals surface area contributed by atoms with Crippen molar-refractivity contribution in [1.82, 2.24) is 15.3 Å². The van der Waals surface area contributed by atoms with Crippen LogP contribution in [-0.2, 0) is 0 Å². The molecule has 3 rings (SSSR count). The monoisotopic (exact) mass is 272 g/mol. The smallest absolute Gasteiger partial charge is 0.0961 e. The highest BCUT2D eigenvalue weighted by Crippen LogP contribution is 2.31. The highest BCUT2D eigenvalue weighted by Gasteiger charge is 2.36. The van der Waals surface area contributed by atoms with Crippen molar-refractivity contribution in [2.45, 2.75) is 18.9 Å². The topological polar surface area (TPSA) is 61.3 Å². The van der Waals surface area contributed by atoms with E-state index in [1.54, 1.807) is 6.20 Å². The fourth-order valence-electron chi connectivity index (χ4n) is 2.98. The molecule has 2 aromatic heterocycles. The quantitative estimate of drug-likeness (QED) is 0.876. The minimum atomic E-state index is -0.652. The minimum absolute atomic E-state index is 0.615. The second-order valence-corrected chi connectivity index (χ2v) is 5.60. The van der Waals surface area contributed by atoms with Crippen molar-refractivity contribution in [2.24, 2.45) is 0 Å². The van der Waals surface area contributed by atoms with Gasteiger partial charge in [0.25, 0.3) is 0 Å². The average Bonchev–Trinajstić information content (AvgIpc) is 2.80. The van der Waals surface area contributed by atoms with Crippen LogP contribution in [0.5, 0.6) is 0 Å². The molecule has 1 aliphatic heterocycles. The van der Waals surface area contributed by atoms with Crippen molar-refractivity contribution in [3.63, 3.8) is 0 Å². The van der Waals surface area contributed by atoms with E-state index < -0.39 is 5.60 Å². The van der Waals surface area contributed by atoms with Crippen molar-refractivity contribution >= 4 is 16.6 Å². The summed E-state index contributed by atoms with van der Waals surface area (Å²) in [6.07, 6.45) is 4.39. The number of anilines is 1. The van der Waals surface area contributed by atoms with Gasteiger partial charge in [0.15, 0.2) is 0 Å². The fourth-order valence-corrected chi connectivity index (χ4v) is 2.98. The lowest BCUT2D eigenvalue weighted by atomic mass is 10.0. The number of β-amino-alcohol motifs (C(OH)–C–C–N with tert-alkyl or cyclic N) is 1. The SMILES string of the molecule is CNCC1(O)CCN(c2cc(C)nc3ccncc23)C1. The molecule has 106 valence electrons. The molecule has 0 amide bonds. The molecule has 1 aliphatic rings. The van der Waals surface area contributed by atoms with E-state index in [9.17, 15) is 5.11 Å². The number of hydrogen-bond acceptors (Lipinski definition) is 5. The largest absolute Gasteiger partial charge is 0.387 e. The van der Waals surface area contributed by atoms with Crippen molar-refractivity contribution < 1.29 is 5.11 Å². The summed E-state index contributed by atoms with van der Waals surface area (Å²) in [4.78, 5) is 11.0. The standard InChI is InChI=1S/C15H20N4O/c1-11-7-14(12-8-17-5-3-13(12)18-11)19-6-4-15(20,10-19)9-16-2/h3,5,7-8,16,20H,4,6,9-10H2,1-2H3. The van der Waals surface area contributed by atoms with E-state index in [0.717, 1.165) is 35.2 Å². The number of hydrogen-bond donors (Lipinski definition) is 2. The lowest BCUT2D eigenvalue weighted by Crippen LogP contribution is -2.41. The number of pyridine rings is 2. The van der Waals surface area contributed by atoms with Gasteiger partial charge in [-0.25, -0.2) is 0 Å². The molecular formula is C15H20N4O. The lowest BCUT2D eigenvalue weighted by Gasteiger charge is -2.25. The molecule has 0 bridgehead atoms. The maximum absolute atomic E-state index is 10.5. The molecule has 0 spiro atoms. The van der Waals surface area contributed by atoms with Crippen LogP contribution in [0.15, 0.2) is 24.5 Å². The van der Waals surface area contributed by atoms with Crippen LogP contribution in [0.3, 0.4) is 0 Å². The van der Waals surface area contributed by atoms with E-state index in [-0.39, 0.29) is 0 Å². The number of aryl methyl sites for hydroxylation is 1. The van der Waals surface area contributed by atoms with E-state index in [1.165, 1.54) is 0 Å². The molecule has 1 fully saturated rings. The molecule has 0 aliphatic carbocycles. The third-order valence-electron chi connectivity index (χ3n) is 3.90. The summed E-state index contributed by atoms with van der Waals surface area (Å²) < 4.78 is 0. The van der Waals surface area contributed by atoms with Crippen molar-refractivity contribution in [1.29, 1.82) is 0 Å². The Kier molecular flexibility index (Phi) is 3.31. The zero-order valence-electron chi connectivity index (χ0n) is 11.9. The van der Waals surface area contributed by atoms with E-state index in [4.69, 9.17) is 0 Å². The number of fused-ring (bicyclic) bond motifs is 1. The first kappa shape index (κ1) is 13.3. The molecule has 1 saturated heterocycles. The molecule has 5 heteroatoms. The maximum atomic E-state index is 10.5. The first-order valence-corrected chi connectivity index (χ1v) is 6.95. The normalized spacial score (nSPS) is 22.6. The number of aromatic nitrogens is 2. The van der Waals surface area contributed by atoms with Gasteiger partial charge in [0.05, 0.1) is 11.1 Å². The Balaban J connectivity index is 1.99. The Morgan fingerprint density at radius 1 is 1.50 bits per heavy atom. The van der Waals surface area contributed by atoms with Gasteiger partial charge < -0.3 is 15.3 Å². The van der Waals surface area contributed by atoms with Crippen LogP contribution in [0.1, 0.15) is 12.1 Å². The summed E-state index contributed by atoms with van der Waals surface area (Å²) >= 11 is 0. The van der Waals surface area contributed by atoms with Gasteiger partial charge in [-0.1, -0.05) is 0 Å². The number of aliphatic hydroxyl groups is 1. The van der Waals surface area contributed by atoms with E-state index in [1.807, 2.05) is 26.2 Å². The van der Waals surface area contributed by atoms with Crippen molar-refractivity contribution in [3.8, 4) is 0 Å². The van der Waals surface area contributed by atoms with E-state index in [2.05, 4.69) is 26.3 Å². The molecular weight excluding hydrogens is 252 g/mol. The Labute approximate surface area is 118 Å². The summed E-state index contributed by atoms with van der Waals surface area (Å²) in [6, 6.07) is 4.01. The molecule has 5 nitrogen and oxygen atoms in total. The number of likely N-dealkylation sites (N-methyl/N-ethyl adjacent to an activating group) is 1. The number of nitrogens with one attached hydrogen (secondary N) is 1. The molecule has 1 atom stereocenters. The fraction of sp³-hybridized carbons (Fsp3) is 0.467. The molecule has 3 heterocycles. The molecule has 0 saturated carbocycles. The summed E-state index contributed by atoms with van der Waals surface area (Å²) in [5.41, 5.74) is 2.41.